The van der Waals surface area contributed by atoms with Gasteiger partial charge < -0.3 is 10.1 Å². The number of hydrogen-bond donors (Lipinski definition) is 1. The van der Waals surface area contributed by atoms with Crippen LogP contribution in [0.15, 0.2) is 18.5 Å². The Kier molecular flexibility index (Phi) is 4.58. The highest BCUT2D eigenvalue weighted by atomic mass is 16.6. The lowest BCUT2D eigenvalue weighted by atomic mass is 10.2. The number of alkyl carbamates (subject to hydrolysis) is 1. The van der Waals surface area contributed by atoms with Gasteiger partial charge in [0.25, 0.3) is 0 Å². The van der Waals surface area contributed by atoms with Gasteiger partial charge in [-0.05, 0) is 26.8 Å². The van der Waals surface area contributed by atoms with Crippen molar-refractivity contribution in [3.63, 3.8) is 0 Å². The number of carbonyl (C=O) groups excluding carboxylic acids is 1. The van der Waals surface area contributed by atoms with E-state index >= 15 is 0 Å². The summed E-state index contributed by atoms with van der Waals surface area (Å²) >= 11 is 0. The molecule has 1 aromatic heterocycles. The van der Waals surface area contributed by atoms with E-state index in [1.165, 1.54) is 0 Å². The third kappa shape index (κ3) is 6.25. The predicted molar refractivity (Wildman–Crippen MR) is 64.2 cm³/mol. The van der Waals surface area contributed by atoms with Crippen LogP contribution in [0.4, 0.5) is 4.79 Å². The highest BCUT2D eigenvalue weighted by Crippen LogP contribution is 2.05. The molecule has 0 spiro atoms. The molecule has 5 heteroatoms. The summed E-state index contributed by atoms with van der Waals surface area (Å²) in [6.07, 6.45) is 3.07. The van der Waals surface area contributed by atoms with Gasteiger partial charge >= 0.3 is 6.09 Å². The maximum Gasteiger partial charge on any atom is 0.408 e. The highest BCUT2D eigenvalue weighted by molar-refractivity contribution is 5.67. The second-order valence-corrected chi connectivity index (χ2v) is 4.41. The monoisotopic (exact) mass is 235 g/mol. The second kappa shape index (κ2) is 5.94. The van der Waals surface area contributed by atoms with Crippen molar-refractivity contribution in [3.8, 4) is 11.8 Å². The number of nitrogens with one attached hydrogen (secondary N) is 1. The van der Waals surface area contributed by atoms with E-state index < -0.39 is 11.7 Å². The van der Waals surface area contributed by atoms with Crippen molar-refractivity contribution in [1.29, 1.82) is 0 Å². The summed E-state index contributed by atoms with van der Waals surface area (Å²) < 4.78 is 6.76. The summed E-state index contributed by atoms with van der Waals surface area (Å²) in [6, 6.07) is 1.83. The number of ether oxygens (including phenoxy) is 1. The molecule has 0 aliphatic heterocycles. The molecule has 92 valence electrons. The molecule has 0 aliphatic carbocycles. The van der Waals surface area contributed by atoms with Crippen molar-refractivity contribution in [2.24, 2.45) is 0 Å². The minimum absolute atomic E-state index is 0.274. The molecule has 1 rings (SSSR count). The SMILES string of the molecule is CC(C)(C)OC(=O)NCC#CCn1cccn1. The summed E-state index contributed by atoms with van der Waals surface area (Å²) in [7, 11) is 0. The Balaban J connectivity index is 2.20. The van der Waals surface area contributed by atoms with Crippen LogP contribution < -0.4 is 5.32 Å². The lowest BCUT2D eigenvalue weighted by Gasteiger charge is -2.18. The van der Waals surface area contributed by atoms with Crippen LogP contribution in [0.25, 0.3) is 0 Å². The normalized spacial score (nSPS) is 10.3. The Morgan fingerprint density at radius 3 is 2.82 bits per heavy atom. The fraction of sp³-hybridized carbons (Fsp3) is 0.500. The average Bonchev–Trinajstić information content (AvgIpc) is 2.67. The summed E-state index contributed by atoms with van der Waals surface area (Å²) in [5.41, 5.74) is -0.480. The van der Waals surface area contributed by atoms with E-state index in [2.05, 4.69) is 22.3 Å². The van der Waals surface area contributed by atoms with Crippen LogP contribution in [-0.4, -0.2) is 28.0 Å². The van der Waals surface area contributed by atoms with Gasteiger partial charge in [0.15, 0.2) is 0 Å². The van der Waals surface area contributed by atoms with E-state index in [0.717, 1.165) is 0 Å². The van der Waals surface area contributed by atoms with Gasteiger partial charge in [-0.1, -0.05) is 11.8 Å². The molecule has 0 atom stereocenters. The molecular formula is C12H17N3O2. The zero-order valence-corrected chi connectivity index (χ0v) is 10.4. The van der Waals surface area contributed by atoms with Crippen LogP contribution >= 0.6 is 0 Å². The predicted octanol–water partition coefficient (Wildman–Crippen LogP) is 1.41. The van der Waals surface area contributed by atoms with Crippen molar-refractivity contribution in [3.05, 3.63) is 18.5 Å². The first kappa shape index (κ1) is 13.1. The van der Waals surface area contributed by atoms with Crippen molar-refractivity contribution >= 4 is 6.09 Å². The number of aromatic nitrogens is 2. The fourth-order valence-corrected chi connectivity index (χ4v) is 1.02. The Labute approximate surface area is 101 Å². The molecule has 0 saturated heterocycles. The lowest BCUT2D eigenvalue weighted by molar-refractivity contribution is 0.0535. The van der Waals surface area contributed by atoms with Gasteiger partial charge in [0.2, 0.25) is 0 Å². The van der Waals surface area contributed by atoms with Crippen LogP contribution in [0.2, 0.25) is 0 Å². The Hall–Kier alpha value is -1.96. The molecule has 17 heavy (non-hydrogen) atoms. The van der Waals surface area contributed by atoms with E-state index in [1.807, 2.05) is 33.0 Å². The minimum Gasteiger partial charge on any atom is -0.444 e. The highest BCUT2D eigenvalue weighted by Gasteiger charge is 2.14. The van der Waals surface area contributed by atoms with Gasteiger partial charge in [0.05, 0.1) is 6.54 Å². The number of carbonyl (C=O) groups is 1. The standard InChI is InChI=1S/C12H17N3O2/c1-12(2,3)17-11(16)13-7-4-5-9-15-10-6-8-14-15/h6,8,10H,7,9H2,1-3H3,(H,13,16). The molecular weight excluding hydrogens is 218 g/mol. The summed E-state index contributed by atoms with van der Waals surface area (Å²) in [4.78, 5) is 11.2. The first-order valence-electron chi connectivity index (χ1n) is 5.37. The number of amides is 1. The van der Waals surface area contributed by atoms with Crippen molar-refractivity contribution in [2.75, 3.05) is 6.54 Å². The Morgan fingerprint density at radius 1 is 1.47 bits per heavy atom. The Morgan fingerprint density at radius 2 is 2.24 bits per heavy atom. The molecule has 0 radical (unpaired) electrons. The molecule has 0 saturated carbocycles. The quantitative estimate of drug-likeness (QED) is 0.788. The molecule has 0 bridgehead atoms. The summed E-state index contributed by atoms with van der Waals surface area (Å²) in [5, 5.41) is 6.55. The van der Waals surface area contributed by atoms with Crippen LogP contribution in [-0.2, 0) is 11.3 Å². The maximum absolute atomic E-state index is 11.2. The van der Waals surface area contributed by atoms with Gasteiger partial charge in [-0.15, -0.1) is 0 Å². The van der Waals surface area contributed by atoms with Crippen LogP contribution in [0.3, 0.4) is 0 Å². The number of rotatable bonds is 2. The van der Waals surface area contributed by atoms with Gasteiger partial charge in [-0.25, -0.2) is 4.79 Å². The van der Waals surface area contributed by atoms with E-state index in [0.29, 0.717) is 6.54 Å². The van der Waals surface area contributed by atoms with Crippen LogP contribution in [0.5, 0.6) is 0 Å². The van der Waals surface area contributed by atoms with Crippen molar-refractivity contribution in [1.82, 2.24) is 15.1 Å². The van der Waals surface area contributed by atoms with E-state index in [9.17, 15) is 4.79 Å². The molecule has 0 aliphatic rings. The van der Waals surface area contributed by atoms with E-state index in [-0.39, 0.29) is 6.54 Å². The van der Waals surface area contributed by atoms with Crippen LogP contribution in [0.1, 0.15) is 20.8 Å². The molecule has 0 unspecified atom stereocenters. The zero-order chi connectivity index (χ0) is 12.7. The molecule has 1 aromatic rings. The zero-order valence-electron chi connectivity index (χ0n) is 10.4. The maximum atomic E-state index is 11.2. The first-order chi connectivity index (χ1) is 7.97. The minimum atomic E-state index is -0.480. The van der Waals surface area contributed by atoms with E-state index in [4.69, 9.17) is 4.74 Å². The third-order valence-electron chi connectivity index (χ3n) is 1.65. The molecule has 0 aromatic carbocycles. The Bertz CT molecular complexity index is 407. The van der Waals surface area contributed by atoms with E-state index in [1.54, 1.807) is 10.9 Å². The van der Waals surface area contributed by atoms with Crippen molar-refractivity contribution < 1.29 is 9.53 Å². The smallest absolute Gasteiger partial charge is 0.408 e. The summed E-state index contributed by atoms with van der Waals surface area (Å²) in [5.74, 6) is 5.70. The average molecular weight is 235 g/mol. The van der Waals surface area contributed by atoms with Gasteiger partial charge in [0.1, 0.15) is 12.1 Å². The molecule has 1 amide bonds. The third-order valence-corrected chi connectivity index (χ3v) is 1.65. The molecule has 1 heterocycles. The molecule has 0 fully saturated rings. The first-order valence-corrected chi connectivity index (χ1v) is 5.37. The topological polar surface area (TPSA) is 56.1 Å². The van der Waals surface area contributed by atoms with Gasteiger partial charge in [-0.3, -0.25) is 4.68 Å². The van der Waals surface area contributed by atoms with Gasteiger partial charge in [-0.2, -0.15) is 5.10 Å². The van der Waals surface area contributed by atoms with Crippen LogP contribution in [0, 0.1) is 11.8 Å². The lowest BCUT2D eigenvalue weighted by Crippen LogP contribution is -2.32. The van der Waals surface area contributed by atoms with Crippen molar-refractivity contribution in [2.45, 2.75) is 32.9 Å². The molecule has 5 nitrogen and oxygen atoms in total. The number of nitrogens with zero attached hydrogens (tertiary/aromatic N) is 2. The largest absolute Gasteiger partial charge is 0.444 e. The summed E-state index contributed by atoms with van der Waals surface area (Å²) in [6.45, 7) is 6.24. The van der Waals surface area contributed by atoms with Gasteiger partial charge in [0, 0.05) is 12.4 Å². The second-order valence-electron chi connectivity index (χ2n) is 4.41. The fourth-order valence-electron chi connectivity index (χ4n) is 1.02. The number of hydrogen-bond acceptors (Lipinski definition) is 3. The molecule has 1 N–H and O–H groups in total.